The molecule has 1 aromatic carbocycles. The van der Waals surface area contributed by atoms with Crippen molar-refractivity contribution < 1.29 is 4.74 Å². The fourth-order valence-electron chi connectivity index (χ4n) is 2.95. The molecular formula is C18H29NO. The van der Waals surface area contributed by atoms with Gasteiger partial charge in [-0.3, -0.25) is 0 Å². The van der Waals surface area contributed by atoms with E-state index < -0.39 is 0 Å². The Balaban J connectivity index is 1.86. The molecule has 1 aliphatic heterocycles. The van der Waals surface area contributed by atoms with Gasteiger partial charge in [0.1, 0.15) is 0 Å². The third kappa shape index (κ3) is 4.60. The van der Waals surface area contributed by atoms with Crippen molar-refractivity contribution in [2.45, 2.75) is 71.1 Å². The van der Waals surface area contributed by atoms with Gasteiger partial charge in [0.2, 0.25) is 0 Å². The highest BCUT2D eigenvalue weighted by molar-refractivity contribution is 5.25. The van der Waals surface area contributed by atoms with E-state index >= 15 is 0 Å². The molecular weight excluding hydrogens is 246 g/mol. The first kappa shape index (κ1) is 15.5. The van der Waals surface area contributed by atoms with Crippen LogP contribution in [-0.2, 0) is 11.2 Å². The number of unbranched alkanes of at least 4 members (excludes halogenated alkanes) is 1. The average Bonchev–Trinajstić information content (AvgIpc) is 2.45. The number of rotatable bonds is 6. The van der Waals surface area contributed by atoms with Gasteiger partial charge in [-0.25, -0.2) is 0 Å². The third-order valence-electron chi connectivity index (χ3n) is 4.27. The van der Waals surface area contributed by atoms with Crippen molar-refractivity contribution in [1.29, 1.82) is 0 Å². The smallest absolute Gasteiger partial charge is 0.0561 e. The van der Waals surface area contributed by atoms with Gasteiger partial charge in [0.25, 0.3) is 0 Å². The zero-order valence-corrected chi connectivity index (χ0v) is 13.2. The summed E-state index contributed by atoms with van der Waals surface area (Å²) in [5, 5.41) is 3.75. The number of hydrogen-bond acceptors (Lipinski definition) is 2. The highest BCUT2D eigenvalue weighted by Gasteiger charge is 2.20. The first-order chi connectivity index (χ1) is 9.69. The van der Waals surface area contributed by atoms with Crippen LogP contribution in [0, 0.1) is 0 Å². The monoisotopic (exact) mass is 275 g/mol. The lowest BCUT2D eigenvalue weighted by Gasteiger charge is -2.30. The van der Waals surface area contributed by atoms with E-state index in [0.717, 1.165) is 19.4 Å². The molecule has 3 unspecified atom stereocenters. The fraction of sp³-hybridized carbons (Fsp3) is 0.667. The Morgan fingerprint density at radius 3 is 2.70 bits per heavy atom. The molecule has 0 bridgehead atoms. The van der Waals surface area contributed by atoms with Crippen molar-refractivity contribution in [3.05, 3.63) is 35.4 Å². The van der Waals surface area contributed by atoms with Crippen molar-refractivity contribution in [3.8, 4) is 0 Å². The molecule has 1 fully saturated rings. The van der Waals surface area contributed by atoms with Crippen LogP contribution in [0.25, 0.3) is 0 Å². The van der Waals surface area contributed by atoms with Crippen LogP contribution in [0.1, 0.15) is 63.6 Å². The van der Waals surface area contributed by atoms with Gasteiger partial charge in [-0.05, 0) is 50.7 Å². The highest BCUT2D eigenvalue weighted by atomic mass is 16.5. The molecule has 0 aliphatic carbocycles. The highest BCUT2D eigenvalue weighted by Crippen LogP contribution is 2.19. The Labute approximate surface area is 123 Å². The SMILES string of the molecule is CCCCc1ccc(C(C)NC2CCOC(C)C2)cc1. The summed E-state index contributed by atoms with van der Waals surface area (Å²) in [5.41, 5.74) is 2.85. The van der Waals surface area contributed by atoms with E-state index in [-0.39, 0.29) is 0 Å². The Morgan fingerprint density at radius 1 is 1.30 bits per heavy atom. The van der Waals surface area contributed by atoms with E-state index in [2.05, 4.69) is 50.4 Å². The number of aryl methyl sites for hydroxylation is 1. The standard InChI is InChI=1S/C18H29NO/c1-4-5-6-16-7-9-17(10-8-16)15(3)19-18-11-12-20-14(2)13-18/h7-10,14-15,18-19H,4-6,11-13H2,1-3H3. The maximum absolute atomic E-state index is 5.61. The van der Waals surface area contributed by atoms with Crippen molar-refractivity contribution in [1.82, 2.24) is 5.32 Å². The summed E-state index contributed by atoms with van der Waals surface area (Å²) in [7, 11) is 0. The molecule has 3 atom stereocenters. The largest absolute Gasteiger partial charge is 0.378 e. The molecule has 1 aromatic rings. The number of nitrogens with one attached hydrogen (secondary N) is 1. The van der Waals surface area contributed by atoms with E-state index in [9.17, 15) is 0 Å². The molecule has 0 spiro atoms. The lowest BCUT2D eigenvalue weighted by Crippen LogP contribution is -2.39. The van der Waals surface area contributed by atoms with Crippen LogP contribution in [-0.4, -0.2) is 18.8 Å². The summed E-state index contributed by atoms with van der Waals surface area (Å²) in [6.45, 7) is 7.57. The summed E-state index contributed by atoms with van der Waals surface area (Å²) < 4.78 is 5.61. The molecule has 2 rings (SSSR count). The normalized spacial score (nSPS) is 24.6. The van der Waals surface area contributed by atoms with Crippen LogP contribution in [0.4, 0.5) is 0 Å². The van der Waals surface area contributed by atoms with Gasteiger partial charge in [0, 0.05) is 18.7 Å². The summed E-state index contributed by atoms with van der Waals surface area (Å²) in [6.07, 6.45) is 6.40. The molecule has 0 aromatic heterocycles. The minimum Gasteiger partial charge on any atom is -0.378 e. The second kappa shape index (κ2) is 7.80. The van der Waals surface area contributed by atoms with E-state index in [1.54, 1.807) is 0 Å². The van der Waals surface area contributed by atoms with E-state index in [4.69, 9.17) is 4.74 Å². The molecule has 20 heavy (non-hydrogen) atoms. The van der Waals surface area contributed by atoms with E-state index in [0.29, 0.717) is 18.2 Å². The zero-order chi connectivity index (χ0) is 14.4. The van der Waals surface area contributed by atoms with Gasteiger partial charge >= 0.3 is 0 Å². The fourth-order valence-corrected chi connectivity index (χ4v) is 2.95. The second-order valence-electron chi connectivity index (χ2n) is 6.14. The van der Waals surface area contributed by atoms with Crippen molar-refractivity contribution in [2.75, 3.05) is 6.61 Å². The van der Waals surface area contributed by atoms with E-state index in [1.165, 1.54) is 30.4 Å². The summed E-state index contributed by atoms with van der Waals surface area (Å²) in [6, 6.07) is 10.2. The average molecular weight is 275 g/mol. The molecule has 1 heterocycles. The lowest BCUT2D eigenvalue weighted by molar-refractivity contribution is 0.0116. The molecule has 1 aliphatic rings. The quantitative estimate of drug-likeness (QED) is 0.838. The van der Waals surface area contributed by atoms with Crippen LogP contribution < -0.4 is 5.32 Å². The summed E-state index contributed by atoms with van der Waals surface area (Å²) in [5.74, 6) is 0. The molecule has 112 valence electrons. The molecule has 1 N–H and O–H groups in total. The molecule has 2 heteroatoms. The van der Waals surface area contributed by atoms with Gasteiger partial charge in [-0.1, -0.05) is 37.6 Å². The topological polar surface area (TPSA) is 21.3 Å². The molecule has 0 amide bonds. The Morgan fingerprint density at radius 2 is 2.05 bits per heavy atom. The van der Waals surface area contributed by atoms with Crippen LogP contribution >= 0.6 is 0 Å². The first-order valence-corrected chi connectivity index (χ1v) is 8.15. The summed E-state index contributed by atoms with van der Waals surface area (Å²) in [4.78, 5) is 0. The molecule has 0 saturated carbocycles. The number of ether oxygens (including phenoxy) is 1. The van der Waals surface area contributed by atoms with Crippen molar-refractivity contribution in [3.63, 3.8) is 0 Å². The van der Waals surface area contributed by atoms with Crippen molar-refractivity contribution in [2.24, 2.45) is 0 Å². The third-order valence-corrected chi connectivity index (χ3v) is 4.27. The predicted molar refractivity (Wildman–Crippen MR) is 85.0 cm³/mol. The molecule has 2 nitrogen and oxygen atoms in total. The summed E-state index contributed by atoms with van der Waals surface area (Å²) >= 11 is 0. The van der Waals surface area contributed by atoms with Crippen LogP contribution in [0.5, 0.6) is 0 Å². The van der Waals surface area contributed by atoms with Gasteiger partial charge in [0.15, 0.2) is 0 Å². The molecule has 1 saturated heterocycles. The Hall–Kier alpha value is -0.860. The maximum atomic E-state index is 5.61. The Bertz CT molecular complexity index is 387. The number of hydrogen-bond donors (Lipinski definition) is 1. The van der Waals surface area contributed by atoms with E-state index in [1.807, 2.05) is 0 Å². The second-order valence-corrected chi connectivity index (χ2v) is 6.14. The zero-order valence-electron chi connectivity index (χ0n) is 13.2. The minimum absolute atomic E-state index is 0.393. The predicted octanol–water partition coefficient (Wildman–Crippen LogP) is 4.25. The van der Waals surface area contributed by atoms with Crippen molar-refractivity contribution >= 4 is 0 Å². The van der Waals surface area contributed by atoms with Gasteiger partial charge in [0.05, 0.1) is 6.10 Å². The van der Waals surface area contributed by atoms with Gasteiger partial charge in [-0.15, -0.1) is 0 Å². The minimum atomic E-state index is 0.393. The van der Waals surface area contributed by atoms with Crippen LogP contribution in [0.2, 0.25) is 0 Å². The maximum Gasteiger partial charge on any atom is 0.0561 e. The Kier molecular flexibility index (Phi) is 6.06. The molecule has 0 radical (unpaired) electrons. The van der Waals surface area contributed by atoms with Gasteiger partial charge in [-0.2, -0.15) is 0 Å². The van der Waals surface area contributed by atoms with Crippen LogP contribution in [0.3, 0.4) is 0 Å². The van der Waals surface area contributed by atoms with Crippen LogP contribution in [0.15, 0.2) is 24.3 Å². The van der Waals surface area contributed by atoms with Gasteiger partial charge < -0.3 is 10.1 Å². The lowest BCUT2D eigenvalue weighted by atomic mass is 9.99. The number of benzene rings is 1. The first-order valence-electron chi connectivity index (χ1n) is 8.15.